The molecule has 0 bridgehead atoms. The molecule has 0 aliphatic carbocycles. The molecule has 0 saturated heterocycles. The zero-order chi connectivity index (χ0) is 12.3. The van der Waals surface area contributed by atoms with E-state index in [0.717, 1.165) is 0 Å². The fourth-order valence-electron chi connectivity index (χ4n) is 1.31. The molecule has 17 heavy (non-hydrogen) atoms. The first-order valence-corrected chi connectivity index (χ1v) is 4.89. The van der Waals surface area contributed by atoms with Crippen molar-refractivity contribution in [3.63, 3.8) is 0 Å². The van der Waals surface area contributed by atoms with Gasteiger partial charge in [-0.15, -0.1) is 0 Å². The molecule has 0 aliphatic heterocycles. The lowest BCUT2D eigenvalue weighted by Gasteiger charge is -2.05. The summed E-state index contributed by atoms with van der Waals surface area (Å²) < 4.78 is 18.5. The molecule has 3 N–H and O–H groups in total. The van der Waals surface area contributed by atoms with Crippen molar-refractivity contribution >= 4 is 11.7 Å². The third-order valence-electron chi connectivity index (χ3n) is 2.16. The highest BCUT2D eigenvalue weighted by atomic mass is 19.1. The van der Waals surface area contributed by atoms with Gasteiger partial charge in [-0.05, 0) is 18.2 Å². The summed E-state index contributed by atoms with van der Waals surface area (Å²) >= 11 is 0. The van der Waals surface area contributed by atoms with E-state index in [1.165, 1.54) is 18.5 Å². The molecule has 88 valence electrons. The number of nitrogens with one attached hydrogen (secondary N) is 1. The fourth-order valence-corrected chi connectivity index (χ4v) is 1.31. The molecule has 2 heterocycles. The van der Waals surface area contributed by atoms with E-state index in [4.69, 9.17) is 10.2 Å². The number of amides is 1. The summed E-state index contributed by atoms with van der Waals surface area (Å²) in [5.41, 5.74) is 5.13. The number of hydrogen-bond donors (Lipinski definition) is 2. The van der Waals surface area contributed by atoms with Gasteiger partial charge >= 0.3 is 0 Å². The number of rotatable bonds is 3. The molecular formula is C11H10FN3O2. The summed E-state index contributed by atoms with van der Waals surface area (Å²) in [6, 6.07) is 4.67. The molecule has 2 aromatic heterocycles. The number of furan rings is 1. The molecule has 0 spiro atoms. The Morgan fingerprint density at radius 3 is 3.06 bits per heavy atom. The standard InChI is InChI=1S/C11H10FN3O2/c12-9-8(3-4-14-10(9)13)11(16)15-6-7-2-1-5-17-7/h1-5H,6H2,(H2,13,14)(H,15,16). The normalized spacial score (nSPS) is 10.2. The van der Waals surface area contributed by atoms with E-state index in [1.807, 2.05) is 0 Å². The molecule has 2 aromatic rings. The largest absolute Gasteiger partial charge is 0.467 e. The van der Waals surface area contributed by atoms with Crippen LogP contribution in [0.1, 0.15) is 16.1 Å². The maximum Gasteiger partial charge on any atom is 0.254 e. The Kier molecular flexibility index (Phi) is 3.04. The first-order valence-electron chi connectivity index (χ1n) is 4.89. The second kappa shape index (κ2) is 4.65. The maximum absolute atomic E-state index is 13.4. The Labute approximate surface area is 96.4 Å². The van der Waals surface area contributed by atoms with Crippen LogP contribution < -0.4 is 11.1 Å². The van der Waals surface area contributed by atoms with Gasteiger partial charge in [0, 0.05) is 6.20 Å². The average Bonchev–Trinajstić information content (AvgIpc) is 2.82. The second-order valence-electron chi connectivity index (χ2n) is 3.32. The second-order valence-corrected chi connectivity index (χ2v) is 3.32. The van der Waals surface area contributed by atoms with Crippen LogP contribution >= 0.6 is 0 Å². The van der Waals surface area contributed by atoms with Gasteiger partial charge < -0.3 is 15.5 Å². The van der Waals surface area contributed by atoms with Crippen molar-refractivity contribution in [2.45, 2.75) is 6.54 Å². The number of aromatic nitrogens is 1. The number of nitrogens with two attached hydrogens (primary N) is 1. The number of pyridine rings is 1. The molecule has 1 amide bonds. The average molecular weight is 235 g/mol. The summed E-state index contributed by atoms with van der Waals surface area (Å²) in [5, 5.41) is 2.51. The highest BCUT2D eigenvalue weighted by molar-refractivity contribution is 5.94. The highest BCUT2D eigenvalue weighted by Crippen LogP contribution is 2.11. The quantitative estimate of drug-likeness (QED) is 0.840. The van der Waals surface area contributed by atoms with Gasteiger partial charge in [-0.1, -0.05) is 0 Å². The molecule has 0 unspecified atom stereocenters. The van der Waals surface area contributed by atoms with Crippen LogP contribution in [-0.2, 0) is 6.54 Å². The lowest BCUT2D eigenvalue weighted by molar-refractivity contribution is 0.0944. The first-order chi connectivity index (χ1) is 8.18. The summed E-state index contributed by atoms with van der Waals surface area (Å²) in [7, 11) is 0. The van der Waals surface area contributed by atoms with Crippen LogP contribution in [0.4, 0.5) is 10.2 Å². The van der Waals surface area contributed by atoms with E-state index in [1.54, 1.807) is 12.1 Å². The predicted molar refractivity (Wildman–Crippen MR) is 58.5 cm³/mol. The van der Waals surface area contributed by atoms with Gasteiger partial charge in [0.25, 0.3) is 5.91 Å². The smallest absolute Gasteiger partial charge is 0.254 e. The van der Waals surface area contributed by atoms with Gasteiger partial charge in [0.1, 0.15) is 5.76 Å². The number of carbonyl (C=O) groups is 1. The molecular weight excluding hydrogens is 225 g/mol. The molecule has 0 aliphatic rings. The number of nitrogen functional groups attached to an aromatic ring is 1. The van der Waals surface area contributed by atoms with Crippen molar-refractivity contribution in [3.8, 4) is 0 Å². The number of carbonyl (C=O) groups excluding carboxylic acids is 1. The molecule has 0 saturated carbocycles. The minimum absolute atomic E-state index is 0.135. The zero-order valence-electron chi connectivity index (χ0n) is 8.81. The lowest BCUT2D eigenvalue weighted by Crippen LogP contribution is -2.24. The van der Waals surface area contributed by atoms with E-state index < -0.39 is 11.7 Å². The Morgan fingerprint density at radius 2 is 2.35 bits per heavy atom. The number of anilines is 1. The molecule has 0 atom stereocenters. The predicted octanol–water partition coefficient (Wildman–Crippen LogP) is 1.33. The van der Waals surface area contributed by atoms with Crippen LogP contribution in [0.5, 0.6) is 0 Å². The summed E-state index contributed by atoms with van der Waals surface area (Å²) in [5.74, 6) is -1.09. The molecule has 0 radical (unpaired) electrons. The van der Waals surface area contributed by atoms with Crippen LogP contribution in [0.25, 0.3) is 0 Å². The fraction of sp³-hybridized carbons (Fsp3) is 0.0909. The van der Waals surface area contributed by atoms with Crippen LogP contribution in [0.3, 0.4) is 0 Å². The first kappa shape index (κ1) is 11.1. The topological polar surface area (TPSA) is 81.1 Å². The lowest BCUT2D eigenvalue weighted by atomic mass is 10.2. The Hall–Kier alpha value is -2.37. The van der Waals surface area contributed by atoms with Gasteiger partial charge in [-0.3, -0.25) is 4.79 Å². The van der Waals surface area contributed by atoms with Gasteiger partial charge in [-0.2, -0.15) is 0 Å². The van der Waals surface area contributed by atoms with Crippen LogP contribution in [0.15, 0.2) is 35.1 Å². The minimum Gasteiger partial charge on any atom is -0.467 e. The van der Waals surface area contributed by atoms with Crippen LogP contribution in [0.2, 0.25) is 0 Å². The van der Waals surface area contributed by atoms with Gasteiger partial charge in [-0.25, -0.2) is 9.37 Å². The molecule has 6 heteroatoms. The number of nitrogens with zero attached hydrogens (tertiary/aromatic N) is 1. The van der Waals surface area contributed by atoms with Crippen molar-refractivity contribution in [1.29, 1.82) is 0 Å². The van der Waals surface area contributed by atoms with E-state index in [-0.39, 0.29) is 17.9 Å². The van der Waals surface area contributed by atoms with Gasteiger partial charge in [0.2, 0.25) is 0 Å². The zero-order valence-corrected chi connectivity index (χ0v) is 8.81. The van der Waals surface area contributed by atoms with Crippen LogP contribution in [-0.4, -0.2) is 10.9 Å². The maximum atomic E-state index is 13.4. The Balaban J connectivity index is 2.07. The van der Waals surface area contributed by atoms with E-state index >= 15 is 0 Å². The molecule has 2 rings (SSSR count). The van der Waals surface area contributed by atoms with E-state index in [0.29, 0.717) is 5.76 Å². The Bertz CT molecular complexity index is 526. The van der Waals surface area contributed by atoms with E-state index in [2.05, 4.69) is 10.3 Å². The summed E-state index contributed by atoms with van der Waals surface area (Å²) in [4.78, 5) is 15.2. The number of halogens is 1. The SMILES string of the molecule is Nc1nccc(C(=O)NCc2ccco2)c1F. The molecule has 0 aromatic carbocycles. The van der Waals surface area contributed by atoms with E-state index in [9.17, 15) is 9.18 Å². The van der Waals surface area contributed by atoms with Crippen molar-refractivity contribution in [1.82, 2.24) is 10.3 Å². The molecule has 5 nitrogen and oxygen atoms in total. The summed E-state index contributed by atoms with van der Waals surface area (Å²) in [6.07, 6.45) is 2.77. The van der Waals surface area contributed by atoms with Gasteiger partial charge in [0.05, 0.1) is 18.4 Å². The van der Waals surface area contributed by atoms with Crippen molar-refractivity contribution in [3.05, 3.63) is 47.8 Å². The van der Waals surface area contributed by atoms with Crippen LogP contribution in [0, 0.1) is 5.82 Å². The van der Waals surface area contributed by atoms with Crippen molar-refractivity contribution in [2.75, 3.05) is 5.73 Å². The monoisotopic (exact) mass is 235 g/mol. The third kappa shape index (κ3) is 2.41. The molecule has 0 fully saturated rings. The number of hydrogen-bond acceptors (Lipinski definition) is 4. The Morgan fingerprint density at radius 1 is 1.53 bits per heavy atom. The minimum atomic E-state index is -0.815. The van der Waals surface area contributed by atoms with Gasteiger partial charge in [0.15, 0.2) is 11.6 Å². The summed E-state index contributed by atoms with van der Waals surface area (Å²) in [6.45, 7) is 0.188. The van der Waals surface area contributed by atoms with Crippen molar-refractivity contribution < 1.29 is 13.6 Å². The third-order valence-corrected chi connectivity index (χ3v) is 2.16. The highest BCUT2D eigenvalue weighted by Gasteiger charge is 2.14. The van der Waals surface area contributed by atoms with Crippen molar-refractivity contribution in [2.24, 2.45) is 0 Å².